The first-order valence-electron chi connectivity index (χ1n) is 10.9. The third kappa shape index (κ3) is 2.75. The molecule has 2 aromatic rings. The van der Waals surface area contributed by atoms with E-state index in [2.05, 4.69) is 10.6 Å². The number of rotatable bonds is 5. The Morgan fingerprint density at radius 2 is 1.81 bits per heavy atom. The molecule has 4 atom stereocenters. The van der Waals surface area contributed by atoms with E-state index in [-0.39, 0.29) is 29.2 Å². The highest BCUT2D eigenvalue weighted by atomic mass is 16.3. The normalized spacial score (nSPS) is 28.3. The molecule has 3 aliphatic heterocycles. The van der Waals surface area contributed by atoms with Gasteiger partial charge in [0.25, 0.3) is 0 Å². The number of unbranched alkanes of at least 4 members (excludes halogenated alkanes) is 1. The Morgan fingerprint density at radius 1 is 1.03 bits per heavy atom. The number of benzene rings is 2. The first-order valence-corrected chi connectivity index (χ1v) is 10.9. The summed E-state index contributed by atoms with van der Waals surface area (Å²) in [6.45, 7) is 2.34. The Kier molecular flexibility index (Phi) is 4.70. The van der Waals surface area contributed by atoms with Crippen LogP contribution in [0.1, 0.15) is 30.9 Å². The summed E-state index contributed by atoms with van der Waals surface area (Å²) in [5, 5.41) is 25.8. The molecule has 0 saturated carbocycles. The standard InChI is InChI=1S/C24H25N3O5/c1-2-3-10-27-21(30)19-16(11-13-8-9-17(28)18(29)12-13)26-24(20(19)22(27)31)14-6-4-5-7-15(14)25-23(24)32/h4-9,12,16,19-20,26,28-29H,2-3,10-11H2,1H3,(H,25,32)/t16-,19-,20+,24+/m1/s1. The van der Waals surface area contributed by atoms with Crippen LogP contribution < -0.4 is 10.6 Å². The van der Waals surface area contributed by atoms with Crippen molar-refractivity contribution in [3.8, 4) is 11.5 Å². The average molecular weight is 435 g/mol. The van der Waals surface area contributed by atoms with Crippen molar-refractivity contribution in [3.05, 3.63) is 53.6 Å². The van der Waals surface area contributed by atoms with Crippen molar-refractivity contribution in [3.63, 3.8) is 0 Å². The lowest BCUT2D eigenvalue weighted by atomic mass is 9.76. The van der Waals surface area contributed by atoms with Gasteiger partial charge >= 0.3 is 0 Å². The molecule has 166 valence electrons. The molecular formula is C24H25N3O5. The van der Waals surface area contributed by atoms with E-state index in [1.807, 2.05) is 25.1 Å². The van der Waals surface area contributed by atoms with Gasteiger partial charge in [-0.3, -0.25) is 24.6 Å². The Balaban J connectivity index is 1.59. The van der Waals surface area contributed by atoms with Gasteiger partial charge in [-0.15, -0.1) is 0 Å². The summed E-state index contributed by atoms with van der Waals surface area (Å²) in [6.07, 6.45) is 1.86. The predicted molar refractivity (Wildman–Crippen MR) is 116 cm³/mol. The van der Waals surface area contributed by atoms with E-state index in [1.165, 1.54) is 17.0 Å². The summed E-state index contributed by atoms with van der Waals surface area (Å²) in [4.78, 5) is 41.6. The first-order chi connectivity index (χ1) is 15.4. The fraction of sp³-hybridized carbons (Fsp3) is 0.375. The molecule has 0 aromatic heterocycles. The highest BCUT2D eigenvalue weighted by Gasteiger charge is 2.70. The Hall–Kier alpha value is -3.39. The number of carbonyl (C=O) groups excluding carboxylic acids is 3. The zero-order valence-electron chi connectivity index (χ0n) is 17.7. The number of aromatic hydroxyl groups is 2. The van der Waals surface area contributed by atoms with Crippen molar-refractivity contribution in [2.75, 3.05) is 11.9 Å². The van der Waals surface area contributed by atoms with Crippen molar-refractivity contribution in [1.29, 1.82) is 0 Å². The molecule has 3 aliphatic rings. The largest absolute Gasteiger partial charge is 0.504 e. The molecule has 2 aromatic carbocycles. The fourth-order valence-corrected chi connectivity index (χ4v) is 5.48. The van der Waals surface area contributed by atoms with Gasteiger partial charge in [-0.25, -0.2) is 0 Å². The highest BCUT2D eigenvalue weighted by molar-refractivity contribution is 6.15. The molecule has 0 bridgehead atoms. The SMILES string of the molecule is CCCCN1C(=O)[C@H]2[C@@H](C1=O)[C@]1(N[C@@H]2Cc2ccc(O)c(O)c2)C(=O)Nc2ccccc21. The Morgan fingerprint density at radius 3 is 2.56 bits per heavy atom. The van der Waals surface area contributed by atoms with Crippen molar-refractivity contribution < 1.29 is 24.6 Å². The van der Waals surface area contributed by atoms with E-state index in [4.69, 9.17) is 0 Å². The number of hydrogen-bond acceptors (Lipinski definition) is 6. The molecule has 1 spiro atoms. The van der Waals surface area contributed by atoms with Crippen LogP contribution >= 0.6 is 0 Å². The van der Waals surface area contributed by atoms with Gasteiger partial charge in [0.05, 0.1) is 11.8 Å². The molecular weight excluding hydrogens is 410 g/mol. The van der Waals surface area contributed by atoms with Gasteiger partial charge in [-0.1, -0.05) is 37.6 Å². The summed E-state index contributed by atoms with van der Waals surface area (Å²) in [5.74, 6) is -2.94. The molecule has 5 rings (SSSR count). The van der Waals surface area contributed by atoms with E-state index in [0.717, 1.165) is 6.42 Å². The third-order valence-electron chi connectivity index (χ3n) is 6.94. The molecule has 32 heavy (non-hydrogen) atoms. The number of phenols is 2. The van der Waals surface area contributed by atoms with Crippen LogP contribution in [0.15, 0.2) is 42.5 Å². The molecule has 3 heterocycles. The molecule has 8 heteroatoms. The number of nitrogens with zero attached hydrogens (tertiary/aromatic N) is 1. The molecule has 3 amide bonds. The maximum Gasteiger partial charge on any atom is 0.250 e. The quantitative estimate of drug-likeness (QED) is 0.421. The number of amides is 3. The lowest BCUT2D eigenvalue weighted by Crippen LogP contribution is -2.53. The van der Waals surface area contributed by atoms with Crippen LogP contribution in [0, 0.1) is 11.8 Å². The van der Waals surface area contributed by atoms with Gasteiger partial charge in [0, 0.05) is 23.8 Å². The Bertz CT molecular complexity index is 1130. The zero-order chi connectivity index (χ0) is 22.6. The summed E-state index contributed by atoms with van der Waals surface area (Å²) >= 11 is 0. The number of para-hydroxylation sites is 1. The number of hydrogen-bond donors (Lipinski definition) is 4. The van der Waals surface area contributed by atoms with Gasteiger partial charge < -0.3 is 15.5 Å². The lowest BCUT2D eigenvalue weighted by molar-refractivity contribution is -0.142. The number of fused-ring (bicyclic) bond motifs is 4. The third-order valence-corrected chi connectivity index (χ3v) is 6.94. The topological polar surface area (TPSA) is 119 Å². The lowest BCUT2D eigenvalue weighted by Gasteiger charge is -2.29. The second kappa shape index (κ2) is 7.34. The van der Waals surface area contributed by atoms with Gasteiger partial charge in [-0.2, -0.15) is 0 Å². The smallest absolute Gasteiger partial charge is 0.250 e. The van der Waals surface area contributed by atoms with Crippen LogP contribution in [0.5, 0.6) is 11.5 Å². The maximum atomic E-state index is 13.5. The van der Waals surface area contributed by atoms with Gasteiger partial charge in [-0.05, 0) is 36.6 Å². The number of nitrogens with one attached hydrogen (secondary N) is 2. The number of phenolic OH excluding ortho intramolecular Hbond substituents is 2. The second-order valence-corrected chi connectivity index (χ2v) is 8.77. The van der Waals surface area contributed by atoms with Crippen LogP contribution in [-0.4, -0.2) is 45.4 Å². The maximum absolute atomic E-state index is 13.5. The van der Waals surface area contributed by atoms with E-state index in [0.29, 0.717) is 36.2 Å². The van der Waals surface area contributed by atoms with Crippen molar-refractivity contribution in [2.45, 2.75) is 37.8 Å². The van der Waals surface area contributed by atoms with Crippen LogP contribution in [-0.2, 0) is 26.3 Å². The number of carbonyl (C=O) groups is 3. The van der Waals surface area contributed by atoms with Crippen molar-refractivity contribution in [2.24, 2.45) is 11.8 Å². The van der Waals surface area contributed by atoms with E-state index >= 15 is 0 Å². The van der Waals surface area contributed by atoms with Gasteiger partial charge in [0.2, 0.25) is 17.7 Å². The molecule has 2 saturated heterocycles. The van der Waals surface area contributed by atoms with E-state index in [1.54, 1.807) is 12.1 Å². The van der Waals surface area contributed by atoms with Crippen LogP contribution in [0.2, 0.25) is 0 Å². The van der Waals surface area contributed by atoms with E-state index in [9.17, 15) is 24.6 Å². The van der Waals surface area contributed by atoms with Crippen molar-refractivity contribution in [1.82, 2.24) is 10.2 Å². The van der Waals surface area contributed by atoms with E-state index < -0.39 is 23.4 Å². The molecule has 0 radical (unpaired) electrons. The number of likely N-dealkylation sites (tertiary alicyclic amines) is 1. The zero-order valence-corrected chi connectivity index (χ0v) is 17.7. The van der Waals surface area contributed by atoms with Crippen molar-refractivity contribution >= 4 is 23.4 Å². The minimum absolute atomic E-state index is 0.232. The molecule has 0 aliphatic carbocycles. The highest BCUT2D eigenvalue weighted by Crippen LogP contribution is 2.53. The minimum Gasteiger partial charge on any atom is -0.504 e. The monoisotopic (exact) mass is 435 g/mol. The minimum atomic E-state index is -1.32. The van der Waals surface area contributed by atoms with Gasteiger partial charge in [0.1, 0.15) is 5.54 Å². The summed E-state index contributed by atoms with van der Waals surface area (Å²) < 4.78 is 0. The summed E-state index contributed by atoms with van der Waals surface area (Å²) in [5.41, 5.74) is 0.680. The number of imide groups is 1. The summed E-state index contributed by atoms with van der Waals surface area (Å²) in [7, 11) is 0. The second-order valence-electron chi connectivity index (χ2n) is 8.77. The fourth-order valence-electron chi connectivity index (χ4n) is 5.48. The predicted octanol–water partition coefficient (Wildman–Crippen LogP) is 1.86. The van der Waals surface area contributed by atoms with Crippen LogP contribution in [0.4, 0.5) is 5.69 Å². The van der Waals surface area contributed by atoms with Crippen LogP contribution in [0.25, 0.3) is 0 Å². The number of anilines is 1. The Labute approximate surface area is 185 Å². The molecule has 2 fully saturated rings. The summed E-state index contributed by atoms with van der Waals surface area (Å²) in [6, 6.07) is 11.2. The molecule has 0 unspecified atom stereocenters. The first kappa shape index (κ1) is 20.5. The van der Waals surface area contributed by atoms with Gasteiger partial charge in [0.15, 0.2) is 11.5 Å². The molecule has 4 N–H and O–H groups in total. The van der Waals surface area contributed by atoms with Crippen LogP contribution in [0.3, 0.4) is 0 Å². The molecule has 8 nitrogen and oxygen atoms in total. The average Bonchev–Trinajstić information content (AvgIpc) is 3.34.